The highest BCUT2D eigenvalue weighted by Gasteiger charge is 2.18. The molecule has 2 heterocycles. The van der Waals surface area contributed by atoms with Gasteiger partial charge in [-0.1, -0.05) is 5.16 Å². The average Bonchev–Trinajstić information content (AvgIpc) is 2.75. The molecule has 0 saturated heterocycles. The smallest absolute Gasteiger partial charge is 0.314 e. The van der Waals surface area contributed by atoms with Crippen molar-refractivity contribution in [1.82, 2.24) is 20.3 Å². The molecule has 0 spiro atoms. The van der Waals surface area contributed by atoms with Crippen molar-refractivity contribution in [2.75, 3.05) is 4.72 Å². The predicted octanol–water partition coefficient (Wildman–Crippen LogP) is -0.0981. The molecule has 9 heteroatoms. The average molecular weight is 229 g/mol. The van der Waals surface area contributed by atoms with Crippen LogP contribution in [0.5, 0.6) is 0 Å². The predicted molar refractivity (Wildman–Crippen MR) is 48.4 cm³/mol. The van der Waals surface area contributed by atoms with Gasteiger partial charge >= 0.3 is 6.01 Å². The molecule has 0 unspecified atom stereocenters. The molecule has 0 bridgehead atoms. The Morgan fingerprint density at radius 1 is 1.53 bits per heavy atom. The monoisotopic (exact) mass is 229 g/mol. The summed E-state index contributed by atoms with van der Waals surface area (Å²) >= 11 is 0. The maximum absolute atomic E-state index is 11.6. The number of anilines is 1. The Bertz CT molecular complexity index is 543. The van der Waals surface area contributed by atoms with Crippen LogP contribution in [0.4, 0.5) is 6.01 Å². The fourth-order valence-electron chi connectivity index (χ4n) is 0.898. The van der Waals surface area contributed by atoms with Crippen molar-refractivity contribution in [3.05, 3.63) is 18.2 Å². The normalized spacial score (nSPS) is 11.5. The van der Waals surface area contributed by atoms with E-state index in [4.69, 9.17) is 0 Å². The van der Waals surface area contributed by atoms with E-state index in [1.165, 1.54) is 12.4 Å². The Hall–Kier alpha value is -1.90. The maximum Gasteiger partial charge on any atom is 0.335 e. The Kier molecular flexibility index (Phi) is 2.15. The summed E-state index contributed by atoms with van der Waals surface area (Å²) in [4.78, 5) is 3.71. The van der Waals surface area contributed by atoms with Crippen molar-refractivity contribution < 1.29 is 12.9 Å². The van der Waals surface area contributed by atoms with Crippen molar-refractivity contribution >= 4 is 16.0 Å². The zero-order chi connectivity index (χ0) is 10.9. The van der Waals surface area contributed by atoms with Gasteiger partial charge in [-0.05, 0) is 6.92 Å². The van der Waals surface area contributed by atoms with Crippen LogP contribution in [0.15, 0.2) is 21.8 Å². The maximum atomic E-state index is 11.6. The van der Waals surface area contributed by atoms with Crippen molar-refractivity contribution in [2.45, 2.75) is 11.8 Å². The van der Waals surface area contributed by atoms with Crippen LogP contribution in [0, 0.1) is 6.92 Å². The summed E-state index contributed by atoms with van der Waals surface area (Å²) in [6.07, 6.45) is 2.41. The second-order valence-electron chi connectivity index (χ2n) is 2.69. The van der Waals surface area contributed by atoms with E-state index < -0.39 is 10.0 Å². The quantitative estimate of drug-likeness (QED) is 0.759. The Morgan fingerprint density at radius 3 is 2.87 bits per heavy atom. The highest BCUT2D eigenvalue weighted by molar-refractivity contribution is 7.92. The Labute approximate surface area is 84.7 Å². The lowest BCUT2D eigenvalue weighted by Crippen LogP contribution is -2.12. The van der Waals surface area contributed by atoms with Crippen LogP contribution in [0.2, 0.25) is 0 Å². The van der Waals surface area contributed by atoms with Crippen LogP contribution in [0.3, 0.4) is 0 Å². The van der Waals surface area contributed by atoms with Gasteiger partial charge in [0.2, 0.25) is 0 Å². The van der Waals surface area contributed by atoms with Gasteiger partial charge in [0.1, 0.15) is 4.90 Å². The fraction of sp³-hybridized carbons (Fsp3) is 0.167. The van der Waals surface area contributed by atoms with Crippen molar-refractivity contribution in [3.63, 3.8) is 0 Å². The largest absolute Gasteiger partial charge is 0.335 e. The van der Waals surface area contributed by atoms with Crippen molar-refractivity contribution in [2.24, 2.45) is 0 Å². The number of nitrogens with one attached hydrogen (secondary N) is 2. The number of hydrogen-bond acceptors (Lipinski definition) is 6. The van der Waals surface area contributed by atoms with Gasteiger partial charge in [0, 0.05) is 6.20 Å². The van der Waals surface area contributed by atoms with Gasteiger partial charge in [-0.3, -0.25) is 5.10 Å². The zero-order valence-corrected chi connectivity index (χ0v) is 8.45. The first kappa shape index (κ1) is 9.65. The molecule has 0 aliphatic carbocycles. The van der Waals surface area contributed by atoms with E-state index in [1.807, 2.05) is 0 Å². The first-order valence-corrected chi connectivity index (χ1v) is 5.38. The number of aromatic nitrogens is 4. The zero-order valence-electron chi connectivity index (χ0n) is 7.63. The molecule has 15 heavy (non-hydrogen) atoms. The van der Waals surface area contributed by atoms with Crippen LogP contribution < -0.4 is 4.72 Å². The second kappa shape index (κ2) is 3.35. The van der Waals surface area contributed by atoms with Crippen LogP contribution >= 0.6 is 0 Å². The second-order valence-corrected chi connectivity index (χ2v) is 4.37. The van der Waals surface area contributed by atoms with Gasteiger partial charge in [0.05, 0.1) is 6.20 Å². The number of nitrogens with zero attached hydrogens (tertiary/aromatic N) is 3. The topological polar surface area (TPSA) is 114 Å². The van der Waals surface area contributed by atoms with E-state index in [-0.39, 0.29) is 10.9 Å². The molecule has 80 valence electrons. The molecule has 8 nitrogen and oxygen atoms in total. The summed E-state index contributed by atoms with van der Waals surface area (Å²) in [6, 6.07) is -0.172. The molecule has 2 aromatic rings. The van der Waals surface area contributed by atoms with Crippen molar-refractivity contribution in [3.8, 4) is 0 Å². The minimum Gasteiger partial charge on any atom is -0.314 e. The van der Waals surface area contributed by atoms with E-state index in [9.17, 15) is 8.42 Å². The summed E-state index contributed by atoms with van der Waals surface area (Å²) in [6.45, 7) is 1.58. The Morgan fingerprint density at radius 2 is 2.33 bits per heavy atom. The van der Waals surface area contributed by atoms with E-state index in [0.717, 1.165) is 0 Å². The van der Waals surface area contributed by atoms with Gasteiger partial charge in [-0.15, -0.1) is 0 Å². The summed E-state index contributed by atoms with van der Waals surface area (Å²) < 4.78 is 29.9. The highest BCUT2D eigenvalue weighted by atomic mass is 32.2. The number of hydrogen-bond donors (Lipinski definition) is 2. The molecule has 0 fully saturated rings. The van der Waals surface area contributed by atoms with Gasteiger partial charge < -0.3 is 4.52 Å². The standard InChI is InChI=1S/C6H7N5O3S/c1-4-9-6(14-10-4)11-15(12,13)5-2-7-8-3-5/h2-3H,1H3,(H,7,8)(H,9,10,11). The molecular formula is C6H7N5O3S. The number of sulfonamides is 1. The first-order chi connectivity index (χ1) is 7.08. The number of H-pyrrole nitrogens is 1. The van der Waals surface area contributed by atoms with Crippen LogP contribution in [0.1, 0.15) is 5.82 Å². The highest BCUT2D eigenvalue weighted by Crippen LogP contribution is 2.11. The molecule has 2 N–H and O–H groups in total. The summed E-state index contributed by atoms with van der Waals surface area (Å²) in [5.41, 5.74) is 0. The van der Waals surface area contributed by atoms with Gasteiger partial charge in [-0.25, -0.2) is 13.1 Å². The third-order valence-electron chi connectivity index (χ3n) is 1.53. The lowest BCUT2D eigenvalue weighted by Gasteiger charge is -1.98. The number of rotatable bonds is 3. The molecule has 0 saturated carbocycles. The molecule has 0 amide bonds. The molecule has 0 aliphatic heterocycles. The summed E-state index contributed by atoms with van der Waals surface area (Å²) in [5.74, 6) is 0.347. The van der Waals surface area contributed by atoms with Crippen LogP contribution in [-0.2, 0) is 10.0 Å². The fourth-order valence-corrected chi connectivity index (χ4v) is 1.73. The molecule has 0 aliphatic rings. The summed E-state index contributed by atoms with van der Waals surface area (Å²) in [7, 11) is -3.70. The molecule has 2 rings (SSSR count). The first-order valence-electron chi connectivity index (χ1n) is 3.90. The molecule has 0 radical (unpaired) electrons. The van der Waals surface area contributed by atoms with Gasteiger partial charge in [0.25, 0.3) is 10.0 Å². The third-order valence-corrected chi connectivity index (χ3v) is 2.82. The molecular weight excluding hydrogens is 222 g/mol. The van der Waals surface area contributed by atoms with E-state index in [1.54, 1.807) is 6.92 Å². The SMILES string of the molecule is Cc1noc(NS(=O)(=O)c2cn[nH]c2)n1. The van der Waals surface area contributed by atoms with E-state index in [2.05, 4.69) is 29.6 Å². The van der Waals surface area contributed by atoms with Crippen LogP contribution in [-0.4, -0.2) is 28.8 Å². The van der Waals surface area contributed by atoms with Gasteiger partial charge in [0.15, 0.2) is 5.82 Å². The lowest BCUT2D eigenvalue weighted by molar-refractivity contribution is 0.429. The molecule has 2 aromatic heterocycles. The number of aryl methyl sites for hydroxylation is 1. The lowest BCUT2D eigenvalue weighted by atomic mass is 10.7. The number of aromatic amines is 1. The van der Waals surface area contributed by atoms with E-state index >= 15 is 0 Å². The van der Waals surface area contributed by atoms with Crippen LogP contribution in [0.25, 0.3) is 0 Å². The minimum atomic E-state index is -3.70. The minimum absolute atomic E-state index is 0.00152. The van der Waals surface area contributed by atoms with Gasteiger partial charge in [-0.2, -0.15) is 10.1 Å². The third kappa shape index (κ3) is 1.96. The summed E-state index contributed by atoms with van der Waals surface area (Å²) in [5, 5.41) is 9.36. The van der Waals surface area contributed by atoms with E-state index in [0.29, 0.717) is 5.82 Å². The molecule has 0 aromatic carbocycles. The van der Waals surface area contributed by atoms with Crippen molar-refractivity contribution in [1.29, 1.82) is 0 Å². The molecule has 0 atom stereocenters. The Balaban J connectivity index is 2.26.